The van der Waals surface area contributed by atoms with E-state index in [2.05, 4.69) is 34.7 Å². The van der Waals surface area contributed by atoms with E-state index < -0.39 is 0 Å². The summed E-state index contributed by atoms with van der Waals surface area (Å²) in [5.74, 6) is 0.0676. The third kappa shape index (κ3) is 5.12. The maximum atomic E-state index is 13.0. The van der Waals surface area contributed by atoms with E-state index in [-0.39, 0.29) is 17.6 Å². The molecule has 0 saturated heterocycles. The van der Waals surface area contributed by atoms with Gasteiger partial charge in [-0.3, -0.25) is 9.59 Å². The van der Waals surface area contributed by atoms with Crippen LogP contribution in [0.15, 0.2) is 77.1 Å². The molecule has 5 aromatic rings. The first kappa shape index (κ1) is 24.0. The fourth-order valence-electron chi connectivity index (χ4n) is 4.34. The molecule has 1 aromatic heterocycles. The van der Waals surface area contributed by atoms with Gasteiger partial charge in [-0.05, 0) is 66.9 Å². The van der Waals surface area contributed by atoms with E-state index in [9.17, 15) is 9.59 Å². The Hall–Kier alpha value is -3.68. The Labute approximate surface area is 218 Å². The van der Waals surface area contributed by atoms with Crippen LogP contribution in [-0.4, -0.2) is 22.6 Å². The number of nitrogens with one attached hydrogen (secondary N) is 2. The zero-order valence-corrected chi connectivity index (χ0v) is 21.8. The van der Waals surface area contributed by atoms with Gasteiger partial charge < -0.3 is 10.6 Å². The average Bonchev–Trinajstić information content (AvgIpc) is 3.27. The van der Waals surface area contributed by atoms with Crippen molar-refractivity contribution in [2.75, 3.05) is 16.4 Å². The lowest BCUT2D eigenvalue weighted by atomic mass is 10.0. The predicted molar refractivity (Wildman–Crippen MR) is 152 cm³/mol. The second-order valence-electron chi connectivity index (χ2n) is 8.75. The van der Waals surface area contributed by atoms with Crippen molar-refractivity contribution in [3.63, 3.8) is 0 Å². The van der Waals surface area contributed by atoms with Gasteiger partial charge in [0.1, 0.15) is 0 Å². The zero-order chi connectivity index (χ0) is 25.2. The Balaban J connectivity index is 1.26. The zero-order valence-electron chi connectivity index (χ0n) is 20.2. The molecule has 0 atom stereocenters. The summed E-state index contributed by atoms with van der Waals surface area (Å²) in [6.45, 7) is 6.06. The number of rotatable bonds is 6. The number of fused-ring (bicyclic) bond motifs is 2. The number of aromatic nitrogens is 1. The maximum Gasteiger partial charge on any atom is 0.256 e. The molecule has 5 rings (SSSR count). The summed E-state index contributed by atoms with van der Waals surface area (Å²) in [6.07, 6.45) is 0. The Bertz CT molecular complexity index is 1600. The van der Waals surface area contributed by atoms with Crippen LogP contribution in [-0.2, 0) is 4.79 Å². The molecule has 0 spiro atoms. The molecule has 2 amide bonds. The van der Waals surface area contributed by atoms with Gasteiger partial charge in [0.05, 0.1) is 16.0 Å². The summed E-state index contributed by atoms with van der Waals surface area (Å²) in [7, 11) is 0. The molecule has 0 unspecified atom stereocenters. The molecule has 180 valence electrons. The lowest BCUT2D eigenvalue weighted by Crippen LogP contribution is -2.15. The van der Waals surface area contributed by atoms with Crippen LogP contribution in [0.5, 0.6) is 0 Å². The summed E-state index contributed by atoms with van der Waals surface area (Å²) in [5.41, 5.74) is 6.37. The van der Waals surface area contributed by atoms with Crippen LogP contribution in [0.1, 0.15) is 27.0 Å². The minimum absolute atomic E-state index is 0.0580. The Kier molecular flexibility index (Phi) is 6.76. The highest BCUT2D eigenvalue weighted by Gasteiger charge is 2.13. The number of carbonyl (C=O) groups is 2. The number of aryl methyl sites for hydroxylation is 3. The number of anilines is 2. The maximum absolute atomic E-state index is 13.0. The lowest BCUT2D eigenvalue weighted by molar-refractivity contribution is -0.113. The summed E-state index contributed by atoms with van der Waals surface area (Å²) in [4.78, 5) is 30.2. The van der Waals surface area contributed by atoms with Gasteiger partial charge in [0.2, 0.25) is 5.91 Å². The highest BCUT2D eigenvalue weighted by molar-refractivity contribution is 8.01. The molecule has 1 heterocycles. The third-order valence-corrected chi connectivity index (χ3v) is 8.09. The monoisotopic (exact) mass is 511 g/mol. The standard InChI is InChI=1S/C29H25N3O2S2/c1-17-13-18(2)27(19(3)14-17)32-26(33)16-35-29-31-24-12-11-21(15-25(24)36-29)30-28(34)23-10-6-8-20-7-4-5-9-22(20)23/h4-15H,16H2,1-3H3,(H,30,34)(H,32,33). The molecule has 4 aromatic carbocycles. The number of thiazole rings is 1. The molecule has 2 N–H and O–H groups in total. The van der Waals surface area contributed by atoms with Crippen molar-refractivity contribution < 1.29 is 9.59 Å². The Morgan fingerprint density at radius 3 is 2.44 bits per heavy atom. The van der Waals surface area contributed by atoms with Gasteiger partial charge in [-0.25, -0.2) is 4.98 Å². The van der Waals surface area contributed by atoms with Crippen molar-refractivity contribution in [3.05, 3.63) is 95.1 Å². The molecule has 0 aliphatic carbocycles. The van der Waals surface area contributed by atoms with Gasteiger partial charge >= 0.3 is 0 Å². The molecule has 0 aliphatic heterocycles. The van der Waals surface area contributed by atoms with Crippen LogP contribution in [0.3, 0.4) is 0 Å². The third-order valence-electron chi connectivity index (χ3n) is 5.93. The second kappa shape index (κ2) is 10.1. The SMILES string of the molecule is Cc1cc(C)c(NC(=O)CSc2nc3ccc(NC(=O)c4cccc5ccccc45)cc3s2)c(C)c1. The quantitative estimate of drug-likeness (QED) is 0.234. The van der Waals surface area contributed by atoms with Crippen molar-refractivity contribution in [2.45, 2.75) is 25.1 Å². The minimum Gasteiger partial charge on any atom is -0.325 e. The molecule has 0 aliphatic rings. The Morgan fingerprint density at radius 2 is 1.64 bits per heavy atom. The fraction of sp³-hybridized carbons (Fsp3) is 0.138. The predicted octanol–water partition coefficient (Wildman–Crippen LogP) is 7.36. The molecule has 7 heteroatoms. The Morgan fingerprint density at radius 1 is 0.889 bits per heavy atom. The minimum atomic E-state index is -0.149. The first-order chi connectivity index (χ1) is 17.4. The first-order valence-electron chi connectivity index (χ1n) is 11.6. The molecule has 5 nitrogen and oxygen atoms in total. The van der Waals surface area contributed by atoms with E-state index >= 15 is 0 Å². The van der Waals surface area contributed by atoms with Crippen LogP contribution in [0, 0.1) is 20.8 Å². The van der Waals surface area contributed by atoms with E-state index in [1.54, 1.807) is 0 Å². The molecule has 0 saturated carbocycles. The average molecular weight is 512 g/mol. The van der Waals surface area contributed by atoms with Crippen molar-refractivity contribution in [1.29, 1.82) is 0 Å². The number of hydrogen-bond donors (Lipinski definition) is 2. The molecule has 0 radical (unpaired) electrons. The summed E-state index contributed by atoms with van der Waals surface area (Å²) in [6, 6.07) is 23.4. The van der Waals surface area contributed by atoms with E-state index in [1.165, 1.54) is 28.7 Å². The van der Waals surface area contributed by atoms with Crippen molar-refractivity contribution in [3.8, 4) is 0 Å². The lowest BCUT2D eigenvalue weighted by Gasteiger charge is -2.12. The summed E-state index contributed by atoms with van der Waals surface area (Å²) >= 11 is 2.93. The largest absolute Gasteiger partial charge is 0.325 e. The number of nitrogens with zero attached hydrogens (tertiary/aromatic N) is 1. The van der Waals surface area contributed by atoms with Gasteiger partial charge in [0.15, 0.2) is 4.34 Å². The molecule has 36 heavy (non-hydrogen) atoms. The van der Waals surface area contributed by atoms with E-state index in [4.69, 9.17) is 0 Å². The molecule has 0 fully saturated rings. The van der Waals surface area contributed by atoms with Gasteiger partial charge in [0.25, 0.3) is 5.91 Å². The van der Waals surface area contributed by atoms with E-state index in [1.807, 2.05) is 74.5 Å². The van der Waals surface area contributed by atoms with Crippen molar-refractivity contribution in [1.82, 2.24) is 4.98 Å². The number of carbonyl (C=O) groups excluding carboxylic acids is 2. The number of amides is 2. The fourth-order valence-corrected chi connectivity index (χ4v) is 6.25. The van der Waals surface area contributed by atoms with Gasteiger partial charge in [-0.1, -0.05) is 65.9 Å². The van der Waals surface area contributed by atoms with Crippen LogP contribution >= 0.6 is 23.1 Å². The normalized spacial score (nSPS) is 11.1. The first-order valence-corrected chi connectivity index (χ1v) is 13.4. The highest BCUT2D eigenvalue weighted by Crippen LogP contribution is 2.32. The van der Waals surface area contributed by atoms with Gasteiger partial charge in [0, 0.05) is 16.9 Å². The van der Waals surface area contributed by atoms with Crippen molar-refractivity contribution >= 4 is 67.3 Å². The molecular weight excluding hydrogens is 486 g/mol. The van der Waals surface area contributed by atoms with Crippen LogP contribution in [0.25, 0.3) is 21.0 Å². The summed E-state index contributed by atoms with van der Waals surface area (Å²) < 4.78 is 1.77. The summed E-state index contributed by atoms with van der Waals surface area (Å²) in [5, 5.41) is 8.00. The highest BCUT2D eigenvalue weighted by atomic mass is 32.2. The second-order valence-corrected chi connectivity index (χ2v) is 11.0. The van der Waals surface area contributed by atoms with Crippen LogP contribution in [0.4, 0.5) is 11.4 Å². The van der Waals surface area contributed by atoms with E-state index in [0.717, 1.165) is 42.1 Å². The smallest absolute Gasteiger partial charge is 0.256 e. The van der Waals surface area contributed by atoms with Gasteiger partial charge in [-0.2, -0.15) is 0 Å². The number of thioether (sulfide) groups is 1. The van der Waals surface area contributed by atoms with Crippen LogP contribution < -0.4 is 10.6 Å². The number of benzene rings is 4. The van der Waals surface area contributed by atoms with Crippen LogP contribution in [0.2, 0.25) is 0 Å². The number of hydrogen-bond acceptors (Lipinski definition) is 5. The van der Waals surface area contributed by atoms with Crippen molar-refractivity contribution in [2.24, 2.45) is 0 Å². The molecular formula is C29H25N3O2S2. The van der Waals surface area contributed by atoms with Gasteiger partial charge in [-0.15, -0.1) is 11.3 Å². The topological polar surface area (TPSA) is 71.1 Å². The van der Waals surface area contributed by atoms with E-state index in [0.29, 0.717) is 11.3 Å². The molecule has 0 bridgehead atoms.